The van der Waals surface area contributed by atoms with Crippen molar-refractivity contribution in [3.63, 3.8) is 0 Å². The maximum atomic E-state index is 6.03. The number of hydrogen-bond acceptors (Lipinski definition) is 5. The Morgan fingerprint density at radius 1 is 1.16 bits per heavy atom. The third-order valence-corrected chi connectivity index (χ3v) is 7.01. The lowest BCUT2D eigenvalue weighted by Crippen LogP contribution is -2.15. The molecule has 1 N–H and O–H groups in total. The van der Waals surface area contributed by atoms with Gasteiger partial charge in [0.25, 0.3) is 0 Å². The Kier molecular flexibility index (Phi) is 6.19. The second kappa shape index (κ2) is 9.38. The van der Waals surface area contributed by atoms with Gasteiger partial charge in [0.15, 0.2) is 5.82 Å². The maximum absolute atomic E-state index is 6.03. The molecule has 1 unspecified atom stereocenters. The Morgan fingerprint density at radius 3 is 2.69 bits per heavy atom. The van der Waals surface area contributed by atoms with Gasteiger partial charge in [-0.3, -0.25) is 0 Å². The van der Waals surface area contributed by atoms with Crippen LogP contribution in [0, 0.1) is 5.92 Å². The number of imidazole rings is 1. The third-order valence-electron chi connectivity index (χ3n) is 6.15. The predicted molar refractivity (Wildman–Crippen MR) is 130 cm³/mol. The fraction of sp³-hybridized carbons (Fsp3) is 0.400. The van der Waals surface area contributed by atoms with E-state index in [2.05, 4.69) is 52.1 Å². The molecular weight excluding hydrogens is 420 g/mol. The summed E-state index contributed by atoms with van der Waals surface area (Å²) < 4.78 is 17.7. The second-order valence-corrected chi connectivity index (χ2v) is 9.30. The molecule has 5 rings (SSSR count). The van der Waals surface area contributed by atoms with Crippen LogP contribution < -0.4 is 14.8 Å². The predicted octanol–water partition coefficient (Wildman–Crippen LogP) is 4.73. The van der Waals surface area contributed by atoms with Gasteiger partial charge in [-0.15, -0.1) is 11.3 Å². The first-order valence-electron chi connectivity index (χ1n) is 11.4. The molecule has 4 aromatic rings. The average Bonchev–Trinajstić information content (AvgIpc) is 3.60. The number of nitrogens with one attached hydrogen (secondary N) is 1. The molecule has 0 aliphatic carbocycles. The lowest BCUT2D eigenvalue weighted by atomic mass is 10.1. The molecule has 168 valence electrons. The van der Waals surface area contributed by atoms with Gasteiger partial charge in [0.05, 0.1) is 34.8 Å². The summed E-state index contributed by atoms with van der Waals surface area (Å²) >= 11 is 1.77. The molecule has 1 saturated heterocycles. The van der Waals surface area contributed by atoms with Crippen molar-refractivity contribution < 1.29 is 9.47 Å². The van der Waals surface area contributed by atoms with Crippen molar-refractivity contribution in [2.75, 3.05) is 26.3 Å². The molecule has 4 heterocycles. The van der Waals surface area contributed by atoms with Crippen LogP contribution in [-0.2, 0) is 20.0 Å². The SMILES string of the molecule is CCc1cn(CCOc2ccc(OCC3CCNC3)cc2)c(-c2cc3sccc3n2C)n1. The van der Waals surface area contributed by atoms with Crippen molar-refractivity contribution >= 4 is 21.6 Å². The number of hydrogen-bond donors (Lipinski definition) is 1. The van der Waals surface area contributed by atoms with E-state index in [0.29, 0.717) is 12.5 Å². The topological polar surface area (TPSA) is 53.2 Å². The van der Waals surface area contributed by atoms with Crippen molar-refractivity contribution in [2.45, 2.75) is 26.3 Å². The van der Waals surface area contributed by atoms with Crippen LogP contribution in [0.5, 0.6) is 11.5 Å². The van der Waals surface area contributed by atoms with Crippen molar-refractivity contribution in [3.05, 3.63) is 53.7 Å². The number of thiophene rings is 1. The monoisotopic (exact) mass is 450 g/mol. The Balaban J connectivity index is 1.22. The van der Waals surface area contributed by atoms with Crippen LogP contribution >= 0.6 is 11.3 Å². The number of rotatable bonds is 9. The Hall–Kier alpha value is -2.77. The van der Waals surface area contributed by atoms with E-state index in [9.17, 15) is 0 Å². The van der Waals surface area contributed by atoms with Crippen molar-refractivity contribution in [3.8, 4) is 23.0 Å². The van der Waals surface area contributed by atoms with Crippen molar-refractivity contribution in [1.29, 1.82) is 0 Å². The molecule has 0 radical (unpaired) electrons. The summed E-state index contributed by atoms with van der Waals surface area (Å²) in [6, 6.07) is 12.4. The summed E-state index contributed by atoms with van der Waals surface area (Å²) in [6.07, 6.45) is 4.25. The Labute approximate surface area is 192 Å². The third kappa shape index (κ3) is 4.40. The minimum absolute atomic E-state index is 0.583. The van der Waals surface area contributed by atoms with E-state index in [1.807, 2.05) is 24.3 Å². The molecule has 3 aromatic heterocycles. The minimum Gasteiger partial charge on any atom is -0.493 e. The van der Waals surface area contributed by atoms with E-state index in [0.717, 1.165) is 61.4 Å². The fourth-order valence-electron chi connectivity index (χ4n) is 4.24. The van der Waals surface area contributed by atoms with Crippen molar-refractivity contribution in [1.82, 2.24) is 19.4 Å². The van der Waals surface area contributed by atoms with Gasteiger partial charge in [0, 0.05) is 25.7 Å². The number of aromatic nitrogens is 3. The molecule has 0 amide bonds. The summed E-state index contributed by atoms with van der Waals surface area (Å²) in [4.78, 5) is 4.90. The minimum atomic E-state index is 0.583. The zero-order chi connectivity index (χ0) is 21.9. The second-order valence-electron chi connectivity index (χ2n) is 8.35. The van der Waals surface area contributed by atoms with E-state index in [4.69, 9.17) is 14.5 Å². The molecule has 0 bridgehead atoms. The van der Waals surface area contributed by atoms with Gasteiger partial charge in [-0.05, 0) is 61.2 Å². The van der Waals surface area contributed by atoms with Gasteiger partial charge in [0.2, 0.25) is 0 Å². The molecule has 1 aromatic carbocycles. The molecule has 1 atom stereocenters. The average molecular weight is 451 g/mol. The van der Waals surface area contributed by atoms with E-state index >= 15 is 0 Å². The first kappa shape index (κ1) is 21.1. The van der Waals surface area contributed by atoms with Crippen LogP contribution in [0.4, 0.5) is 0 Å². The normalized spacial score (nSPS) is 16.1. The van der Waals surface area contributed by atoms with E-state index in [1.54, 1.807) is 11.3 Å². The summed E-state index contributed by atoms with van der Waals surface area (Å²) in [5.74, 6) is 3.37. The molecule has 0 saturated carbocycles. The van der Waals surface area contributed by atoms with E-state index < -0.39 is 0 Å². The summed E-state index contributed by atoms with van der Waals surface area (Å²) in [5, 5.41) is 5.51. The molecule has 1 aliphatic heterocycles. The Morgan fingerprint density at radius 2 is 1.97 bits per heavy atom. The quantitative estimate of drug-likeness (QED) is 0.400. The highest BCUT2D eigenvalue weighted by molar-refractivity contribution is 7.17. The van der Waals surface area contributed by atoms with Gasteiger partial charge < -0.3 is 23.9 Å². The van der Waals surface area contributed by atoms with Gasteiger partial charge >= 0.3 is 0 Å². The van der Waals surface area contributed by atoms with Gasteiger partial charge in [-0.25, -0.2) is 4.98 Å². The van der Waals surface area contributed by atoms with Crippen LogP contribution in [0.15, 0.2) is 48.0 Å². The highest BCUT2D eigenvalue weighted by Crippen LogP contribution is 2.30. The number of fused-ring (bicyclic) bond motifs is 1. The number of ether oxygens (including phenoxy) is 2. The summed E-state index contributed by atoms with van der Waals surface area (Å²) in [5.41, 5.74) is 3.49. The van der Waals surface area contributed by atoms with Crippen LogP contribution in [-0.4, -0.2) is 40.4 Å². The number of nitrogens with zero attached hydrogens (tertiary/aromatic N) is 3. The van der Waals surface area contributed by atoms with Gasteiger partial charge in [-0.1, -0.05) is 6.92 Å². The summed E-state index contributed by atoms with van der Waals surface area (Å²) in [6.45, 7) is 6.39. The van der Waals surface area contributed by atoms with Crippen LogP contribution in [0.3, 0.4) is 0 Å². The van der Waals surface area contributed by atoms with E-state index in [-0.39, 0.29) is 0 Å². The molecule has 7 heteroatoms. The number of aryl methyl sites for hydroxylation is 2. The zero-order valence-corrected chi connectivity index (χ0v) is 19.5. The first-order valence-corrected chi connectivity index (χ1v) is 12.2. The van der Waals surface area contributed by atoms with Crippen molar-refractivity contribution in [2.24, 2.45) is 13.0 Å². The van der Waals surface area contributed by atoms with E-state index in [1.165, 1.54) is 16.6 Å². The maximum Gasteiger partial charge on any atom is 0.157 e. The molecule has 1 fully saturated rings. The Bertz CT molecular complexity index is 1170. The molecule has 6 nitrogen and oxygen atoms in total. The molecule has 1 aliphatic rings. The first-order chi connectivity index (χ1) is 15.7. The largest absolute Gasteiger partial charge is 0.493 e. The smallest absolute Gasteiger partial charge is 0.157 e. The molecule has 32 heavy (non-hydrogen) atoms. The van der Waals surface area contributed by atoms with Gasteiger partial charge in [-0.2, -0.15) is 0 Å². The van der Waals surface area contributed by atoms with Gasteiger partial charge in [0.1, 0.15) is 18.1 Å². The molecule has 0 spiro atoms. The fourth-order valence-corrected chi connectivity index (χ4v) is 5.09. The number of benzene rings is 1. The standard InChI is InChI=1S/C25H30N4O2S/c1-3-19-16-29(25(27-19)23-14-24-22(28(23)2)9-13-32-24)11-12-30-20-4-6-21(7-5-20)31-17-18-8-10-26-15-18/h4-7,9,13-14,16,18,26H,3,8,10-12,15,17H2,1-2H3. The highest BCUT2D eigenvalue weighted by Gasteiger charge is 2.16. The zero-order valence-electron chi connectivity index (χ0n) is 18.7. The van der Waals surface area contributed by atoms with Crippen LogP contribution in [0.25, 0.3) is 21.7 Å². The van der Waals surface area contributed by atoms with Crippen LogP contribution in [0.1, 0.15) is 19.0 Å². The van der Waals surface area contributed by atoms with Crippen LogP contribution in [0.2, 0.25) is 0 Å². The highest BCUT2D eigenvalue weighted by atomic mass is 32.1. The lowest BCUT2D eigenvalue weighted by Gasteiger charge is -2.12. The lowest BCUT2D eigenvalue weighted by molar-refractivity contribution is 0.259. The summed E-state index contributed by atoms with van der Waals surface area (Å²) in [7, 11) is 2.11. The molecular formula is C25H30N4O2S.